The van der Waals surface area contributed by atoms with Crippen molar-refractivity contribution in [1.82, 2.24) is 9.80 Å². The van der Waals surface area contributed by atoms with Gasteiger partial charge in [0.2, 0.25) is 0 Å². The Kier molecular flexibility index (Phi) is 6.32. The summed E-state index contributed by atoms with van der Waals surface area (Å²) in [6.07, 6.45) is 0. The van der Waals surface area contributed by atoms with Crippen LogP contribution < -0.4 is 4.74 Å². The summed E-state index contributed by atoms with van der Waals surface area (Å²) in [4.78, 5) is 27.4. The molecule has 0 unspecified atom stereocenters. The first-order valence-electron chi connectivity index (χ1n) is 8.72. The zero-order chi connectivity index (χ0) is 19.2. The summed E-state index contributed by atoms with van der Waals surface area (Å²) in [6, 6.07) is 14.4. The molecule has 2 aromatic carbocycles. The molecular formula is C20H21ClN2O4. The maximum Gasteiger partial charge on any atom is 0.341 e. The van der Waals surface area contributed by atoms with E-state index in [9.17, 15) is 9.59 Å². The van der Waals surface area contributed by atoms with E-state index in [-0.39, 0.29) is 5.91 Å². The molecular weight excluding hydrogens is 368 g/mol. The average molecular weight is 389 g/mol. The van der Waals surface area contributed by atoms with E-state index in [1.165, 1.54) is 0 Å². The number of benzene rings is 2. The smallest absolute Gasteiger partial charge is 0.341 e. The number of aliphatic carboxylic acids is 1. The predicted molar refractivity (Wildman–Crippen MR) is 102 cm³/mol. The largest absolute Gasteiger partial charge is 0.482 e. The second kappa shape index (κ2) is 8.88. The van der Waals surface area contributed by atoms with Crippen LogP contribution in [0.4, 0.5) is 0 Å². The molecule has 3 rings (SSSR count). The SMILES string of the molecule is O=C(O)COc1cccc(C(=O)N2CCN(Cc3ccccc3Cl)CC2)c1. The van der Waals surface area contributed by atoms with Gasteiger partial charge in [-0.15, -0.1) is 0 Å². The van der Waals surface area contributed by atoms with Gasteiger partial charge in [-0.05, 0) is 29.8 Å². The van der Waals surface area contributed by atoms with Crippen LogP contribution in [0.15, 0.2) is 48.5 Å². The second-order valence-electron chi connectivity index (χ2n) is 6.37. The van der Waals surface area contributed by atoms with Gasteiger partial charge in [-0.3, -0.25) is 9.69 Å². The van der Waals surface area contributed by atoms with E-state index in [0.717, 1.165) is 30.2 Å². The normalized spacial score (nSPS) is 14.8. The Bertz CT molecular complexity index is 819. The molecule has 7 heteroatoms. The van der Waals surface area contributed by atoms with Crippen LogP contribution in [0.2, 0.25) is 5.02 Å². The topological polar surface area (TPSA) is 70.1 Å². The number of nitrogens with zero attached hydrogens (tertiary/aromatic N) is 2. The van der Waals surface area contributed by atoms with Crippen molar-refractivity contribution in [3.05, 3.63) is 64.7 Å². The fraction of sp³-hybridized carbons (Fsp3) is 0.300. The summed E-state index contributed by atoms with van der Waals surface area (Å²) < 4.78 is 5.15. The van der Waals surface area contributed by atoms with Crippen molar-refractivity contribution in [2.24, 2.45) is 0 Å². The van der Waals surface area contributed by atoms with Gasteiger partial charge in [-0.2, -0.15) is 0 Å². The third-order valence-corrected chi connectivity index (χ3v) is 4.82. The minimum absolute atomic E-state index is 0.0758. The molecule has 1 aliphatic heterocycles. The van der Waals surface area contributed by atoms with E-state index in [1.54, 1.807) is 29.2 Å². The highest BCUT2D eigenvalue weighted by Gasteiger charge is 2.22. The summed E-state index contributed by atoms with van der Waals surface area (Å²) in [7, 11) is 0. The second-order valence-corrected chi connectivity index (χ2v) is 6.78. The number of ether oxygens (including phenoxy) is 1. The van der Waals surface area contributed by atoms with Crippen LogP contribution in [-0.4, -0.2) is 59.6 Å². The molecule has 1 N–H and O–H groups in total. The first kappa shape index (κ1) is 19.2. The van der Waals surface area contributed by atoms with E-state index in [0.29, 0.717) is 24.4 Å². The minimum atomic E-state index is -1.05. The number of amides is 1. The number of carboxylic acids is 1. The molecule has 0 aromatic heterocycles. The van der Waals surface area contributed by atoms with E-state index in [2.05, 4.69) is 4.90 Å². The first-order valence-corrected chi connectivity index (χ1v) is 9.10. The highest BCUT2D eigenvalue weighted by atomic mass is 35.5. The van der Waals surface area contributed by atoms with Gasteiger partial charge in [0.1, 0.15) is 5.75 Å². The van der Waals surface area contributed by atoms with Crippen molar-refractivity contribution in [3.8, 4) is 5.75 Å². The maximum absolute atomic E-state index is 12.7. The average Bonchev–Trinajstić information content (AvgIpc) is 2.68. The number of piperazine rings is 1. The number of carbonyl (C=O) groups excluding carboxylic acids is 1. The molecule has 2 aromatic rings. The molecule has 0 spiro atoms. The summed E-state index contributed by atoms with van der Waals surface area (Å²) in [5, 5.41) is 9.45. The van der Waals surface area contributed by atoms with Gasteiger partial charge in [0.15, 0.2) is 6.61 Å². The number of carbonyl (C=O) groups is 2. The van der Waals surface area contributed by atoms with Gasteiger partial charge >= 0.3 is 5.97 Å². The Morgan fingerprint density at radius 1 is 1.04 bits per heavy atom. The van der Waals surface area contributed by atoms with Gasteiger partial charge in [0, 0.05) is 43.3 Å². The maximum atomic E-state index is 12.7. The van der Waals surface area contributed by atoms with Gasteiger partial charge in [0.05, 0.1) is 0 Å². The van der Waals surface area contributed by atoms with Crippen LogP contribution in [-0.2, 0) is 11.3 Å². The Morgan fingerprint density at radius 3 is 2.48 bits per heavy atom. The van der Waals surface area contributed by atoms with E-state index < -0.39 is 12.6 Å². The molecule has 0 aliphatic carbocycles. The minimum Gasteiger partial charge on any atom is -0.482 e. The molecule has 1 amide bonds. The number of halogens is 1. The molecule has 1 saturated heterocycles. The van der Waals surface area contributed by atoms with Crippen molar-refractivity contribution in [2.75, 3.05) is 32.8 Å². The van der Waals surface area contributed by atoms with Crippen LogP contribution in [0.25, 0.3) is 0 Å². The quantitative estimate of drug-likeness (QED) is 0.824. The van der Waals surface area contributed by atoms with Gasteiger partial charge in [-0.1, -0.05) is 35.9 Å². The lowest BCUT2D eigenvalue weighted by Gasteiger charge is -2.35. The Hall–Kier alpha value is -2.57. The Labute approximate surface area is 162 Å². The summed E-state index contributed by atoms with van der Waals surface area (Å²) in [5.41, 5.74) is 1.58. The molecule has 142 valence electrons. The Balaban J connectivity index is 1.56. The Morgan fingerprint density at radius 2 is 1.78 bits per heavy atom. The molecule has 1 fully saturated rings. The zero-order valence-electron chi connectivity index (χ0n) is 14.8. The van der Waals surface area contributed by atoms with Crippen LogP contribution in [0.3, 0.4) is 0 Å². The number of hydrogen-bond acceptors (Lipinski definition) is 4. The van der Waals surface area contributed by atoms with Crippen LogP contribution >= 0.6 is 11.6 Å². The molecule has 1 aliphatic rings. The number of rotatable bonds is 6. The molecule has 27 heavy (non-hydrogen) atoms. The molecule has 0 radical (unpaired) electrons. The summed E-state index contributed by atoms with van der Waals surface area (Å²) >= 11 is 6.22. The first-order chi connectivity index (χ1) is 13.0. The monoisotopic (exact) mass is 388 g/mol. The van der Waals surface area contributed by atoms with E-state index in [4.69, 9.17) is 21.4 Å². The van der Waals surface area contributed by atoms with Gasteiger partial charge in [0.25, 0.3) is 5.91 Å². The standard InChI is InChI=1S/C20H21ClN2O4/c21-18-7-2-1-4-16(18)13-22-8-10-23(11-9-22)20(26)15-5-3-6-17(12-15)27-14-19(24)25/h1-7,12H,8-11,13-14H2,(H,24,25). The van der Waals surface area contributed by atoms with Crippen molar-refractivity contribution in [1.29, 1.82) is 0 Å². The highest BCUT2D eigenvalue weighted by Crippen LogP contribution is 2.19. The lowest BCUT2D eigenvalue weighted by molar-refractivity contribution is -0.139. The predicted octanol–water partition coefficient (Wildman–Crippen LogP) is 2.76. The number of carboxylic acid groups (broad SMARTS) is 1. The molecule has 0 saturated carbocycles. The van der Waals surface area contributed by atoms with Crippen molar-refractivity contribution < 1.29 is 19.4 Å². The zero-order valence-corrected chi connectivity index (χ0v) is 15.6. The lowest BCUT2D eigenvalue weighted by Crippen LogP contribution is -2.48. The van der Waals surface area contributed by atoms with Crippen molar-refractivity contribution in [2.45, 2.75) is 6.54 Å². The van der Waals surface area contributed by atoms with Crippen LogP contribution in [0.5, 0.6) is 5.75 Å². The third-order valence-electron chi connectivity index (χ3n) is 4.45. The molecule has 1 heterocycles. The van der Waals surface area contributed by atoms with Gasteiger partial charge < -0.3 is 14.7 Å². The third kappa shape index (κ3) is 5.21. The van der Waals surface area contributed by atoms with E-state index in [1.807, 2.05) is 24.3 Å². The summed E-state index contributed by atoms with van der Waals surface area (Å²) in [6.45, 7) is 3.13. The fourth-order valence-corrected chi connectivity index (χ4v) is 3.22. The van der Waals surface area contributed by atoms with E-state index >= 15 is 0 Å². The molecule has 6 nitrogen and oxygen atoms in total. The number of hydrogen-bond donors (Lipinski definition) is 1. The van der Waals surface area contributed by atoms with Gasteiger partial charge in [-0.25, -0.2) is 4.79 Å². The fourth-order valence-electron chi connectivity index (χ4n) is 3.02. The van der Waals surface area contributed by atoms with Crippen molar-refractivity contribution >= 4 is 23.5 Å². The lowest BCUT2D eigenvalue weighted by atomic mass is 10.1. The highest BCUT2D eigenvalue weighted by molar-refractivity contribution is 6.31. The van der Waals surface area contributed by atoms with Crippen molar-refractivity contribution in [3.63, 3.8) is 0 Å². The van der Waals surface area contributed by atoms with Crippen LogP contribution in [0, 0.1) is 0 Å². The molecule has 0 bridgehead atoms. The van der Waals surface area contributed by atoms with Crippen LogP contribution in [0.1, 0.15) is 15.9 Å². The summed E-state index contributed by atoms with van der Waals surface area (Å²) in [5.74, 6) is -0.754. The molecule has 0 atom stereocenters.